The molecular weight excluding hydrogens is 154 g/mol. The fourth-order valence-electron chi connectivity index (χ4n) is 0.983. The van der Waals surface area contributed by atoms with Gasteiger partial charge in [0.05, 0.1) is 0 Å². The molecule has 2 amide bonds. The van der Waals surface area contributed by atoms with Gasteiger partial charge in [0.25, 0.3) is 0 Å². The Morgan fingerprint density at radius 2 is 2.17 bits per heavy atom. The predicted molar refractivity (Wildman–Crippen MR) is 50.0 cm³/mol. The molecule has 0 aliphatic heterocycles. The summed E-state index contributed by atoms with van der Waals surface area (Å²) < 4.78 is 0. The van der Waals surface area contributed by atoms with Gasteiger partial charge in [0, 0.05) is 12.6 Å². The Bertz CT molecular complexity index is 149. The van der Waals surface area contributed by atoms with E-state index in [0.717, 1.165) is 12.8 Å². The maximum atomic E-state index is 11.0. The van der Waals surface area contributed by atoms with Crippen LogP contribution in [0.15, 0.2) is 0 Å². The van der Waals surface area contributed by atoms with E-state index in [2.05, 4.69) is 10.6 Å². The van der Waals surface area contributed by atoms with E-state index in [1.165, 1.54) is 0 Å². The van der Waals surface area contributed by atoms with Crippen LogP contribution in [-0.2, 0) is 0 Å². The van der Waals surface area contributed by atoms with Crippen molar-refractivity contribution >= 4 is 6.03 Å². The van der Waals surface area contributed by atoms with Crippen LogP contribution in [0.2, 0.25) is 0 Å². The van der Waals surface area contributed by atoms with Gasteiger partial charge in [-0.15, -0.1) is 0 Å². The molecule has 4 heteroatoms. The van der Waals surface area contributed by atoms with Crippen molar-refractivity contribution in [1.82, 2.24) is 10.6 Å². The lowest BCUT2D eigenvalue weighted by Gasteiger charge is -2.28. The number of urea groups is 1. The molecule has 0 saturated carbocycles. The standard InChI is InChI=1S/C8H19N3O/c1-4-8(2,5-6-9)11-7(12)10-3/h4-6,9H2,1-3H3,(H2,10,11,12). The highest BCUT2D eigenvalue weighted by Crippen LogP contribution is 2.12. The van der Waals surface area contributed by atoms with Crippen molar-refractivity contribution in [2.24, 2.45) is 5.73 Å². The third-order valence-corrected chi connectivity index (χ3v) is 2.12. The minimum atomic E-state index is -0.172. The maximum Gasteiger partial charge on any atom is 0.314 e. The molecule has 0 bridgehead atoms. The Labute approximate surface area is 73.9 Å². The molecule has 0 aliphatic carbocycles. The number of carbonyl (C=O) groups is 1. The Morgan fingerprint density at radius 1 is 1.58 bits per heavy atom. The van der Waals surface area contributed by atoms with Crippen LogP contribution in [0.1, 0.15) is 26.7 Å². The number of nitrogens with two attached hydrogens (primary N) is 1. The van der Waals surface area contributed by atoms with Crippen LogP contribution < -0.4 is 16.4 Å². The molecule has 1 atom stereocenters. The zero-order valence-electron chi connectivity index (χ0n) is 8.11. The van der Waals surface area contributed by atoms with E-state index in [9.17, 15) is 4.79 Å². The topological polar surface area (TPSA) is 67.1 Å². The number of hydrogen-bond acceptors (Lipinski definition) is 2. The SMILES string of the molecule is CCC(C)(CCN)NC(=O)NC. The van der Waals surface area contributed by atoms with Crippen molar-refractivity contribution in [2.45, 2.75) is 32.2 Å². The maximum absolute atomic E-state index is 11.0. The Balaban J connectivity index is 4.03. The molecule has 0 radical (unpaired) electrons. The van der Waals surface area contributed by atoms with Crippen molar-refractivity contribution < 1.29 is 4.79 Å². The van der Waals surface area contributed by atoms with E-state index >= 15 is 0 Å². The number of rotatable bonds is 4. The third-order valence-electron chi connectivity index (χ3n) is 2.12. The fourth-order valence-corrected chi connectivity index (χ4v) is 0.983. The van der Waals surface area contributed by atoms with Crippen molar-refractivity contribution in [3.63, 3.8) is 0 Å². The first kappa shape index (κ1) is 11.2. The lowest BCUT2D eigenvalue weighted by molar-refractivity contribution is 0.225. The van der Waals surface area contributed by atoms with Gasteiger partial charge in [-0.25, -0.2) is 4.79 Å². The van der Waals surface area contributed by atoms with Crippen LogP contribution in [0.5, 0.6) is 0 Å². The van der Waals surface area contributed by atoms with Gasteiger partial charge in [0.15, 0.2) is 0 Å². The van der Waals surface area contributed by atoms with E-state index in [-0.39, 0.29) is 11.6 Å². The van der Waals surface area contributed by atoms with Crippen LogP contribution in [0.3, 0.4) is 0 Å². The van der Waals surface area contributed by atoms with E-state index < -0.39 is 0 Å². The Hall–Kier alpha value is -0.770. The number of amides is 2. The van der Waals surface area contributed by atoms with Gasteiger partial charge in [-0.05, 0) is 26.3 Å². The molecule has 4 N–H and O–H groups in total. The molecule has 0 fully saturated rings. The van der Waals surface area contributed by atoms with Gasteiger partial charge >= 0.3 is 6.03 Å². The number of nitrogens with one attached hydrogen (secondary N) is 2. The van der Waals surface area contributed by atoms with Crippen LogP contribution >= 0.6 is 0 Å². The molecule has 4 nitrogen and oxygen atoms in total. The highest BCUT2D eigenvalue weighted by molar-refractivity contribution is 5.74. The minimum absolute atomic E-state index is 0.146. The van der Waals surface area contributed by atoms with Crippen LogP contribution in [0.4, 0.5) is 4.79 Å². The minimum Gasteiger partial charge on any atom is -0.341 e. The van der Waals surface area contributed by atoms with Crippen LogP contribution in [0.25, 0.3) is 0 Å². The van der Waals surface area contributed by atoms with Gasteiger partial charge in [-0.2, -0.15) is 0 Å². The lowest BCUT2D eigenvalue weighted by atomic mass is 9.95. The van der Waals surface area contributed by atoms with Gasteiger partial charge in [0.1, 0.15) is 0 Å². The first-order valence-corrected chi connectivity index (χ1v) is 4.28. The van der Waals surface area contributed by atoms with Gasteiger partial charge in [-0.1, -0.05) is 6.92 Å². The summed E-state index contributed by atoms with van der Waals surface area (Å²) in [5.74, 6) is 0. The zero-order chi connectivity index (χ0) is 9.61. The van der Waals surface area contributed by atoms with Crippen molar-refractivity contribution in [3.05, 3.63) is 0 Å². The van der Waals surface area contributed by atoms with Crippen LogP contribution in [0, 0.1) is 0 Å². The molecule has 72 valence electrons. The van der Waals surface area contributed by atoms with E-state index in [0.29, 0.717) is 6.54 Å². The summed E-state index contributed by atoms with van der Waals surface area (Å²) in [6.45, 7) is 4.62. The molecule has 0 aromatic rings. The lowest BCUT2D eigenvalue weighted by Crippen LogP contribution is -2.50. The van der Waals surface area contributed by atoms with Crippen molar-refractivity contribution in [1.29, 1.82) is 0 Å². The highest BCUT2D eigenvalue weighted by Gasteiger charge is 2.22. The molecule has 1 unspecified atom stereocenters. The molecule has 0 heterocycles. The summed E-state index contributed by atoms with van der Waals surface area (Å²) in [5.41, 5.74) is 5.26. The number of hydrogen-bond donors (Lipinski definition) is 3. The summed E-state index contributed by atoms with van der Waals surface area (Å²) in [4.78, 5) is 11.0. The Kier molecular flexibility index (Phi) is 4.66. The molecule has 0 saturated heterocycles. The second kappa shape index (κ2) is 4.98. The smallest absolute Gasteiger partial charge is 0.314 e. The molecular formula is C8H19N3O. The predicted octanol–water partition coefficient (Wildman–Crippen LogP) is 0.433. The summed E-state index contributed by atoms with van der Waals surface area (Å²) in [6, 6.07) is -0.146. The second-order valence-corrected chi connectivity index (χ2v) is 3.16. The summed E-state index contributed by atoms with van der Waals surface area (Å²) >= 11 is 0. The van der Waals surface area contributed by atoms with E-state index in [1.54, 1.807) is 7.05 Å². The van der Waals surface area contributed by atoms with Gasteiger partial charge < -0.3 is 16.4 Å². The zero-order valence-corrected chi connectivity index (χ0v) is 8.11. The average molecular weight is 173 g/mol. The second-order valence-electron chi connectivity index (χ2n) is 3.16. The molecule has 0 spiro atoms. The summed E-state index contributed by atoms with van der Waals surface area (Å²) in [7, 11) is 1.61. The van der Waals surface area contributed by atoms with E-state index in [1.807, 2.05) is 13.8 Å². The molecule has 0 aliphatic rings. The quantitative estimate of drug-likeness (QED) is 0.577. The molecule has 0 aromatic heterocycles. The largest absolute Gasteiger partial charge is 0.341 e. The van der Waals surface area contributed by atoms with Gasteiger partial charge in [0.2, 0.25) is 0 Å². The first-order valence-electron chi connectivity index (χ1n) is 4.28. The summed E-state index contributed by atoms with van der Waals surface area (Å²) in [5, 5.41) is 5.39. The van der Waals surface area contributed by atoms with Crippen molar-refractivity contribution in [3.8, 4) is 0 Å². The van der Waals surface area contributed by atoms with Gasteiger partial charge in [-0.3, -0.25) is 0 Å². The molecule has 0 rings (SSSR count). The Morgan fingerprint density at radius 3 is 2.50 bits per heavy atom. The first-order chi connectivity index (χ1) is 5.58. The summed E-state index contributed by atoms with van der Waals surface area (Å²) in [6.07, 6.45) is 1.69. The third kappa shape index (κ3) is 3.57. The number of carbonyl (C=O) groups excluding carboxylic acids is 1. The molecule has 12 heavy (non-hydrogen) atoms. The van der Waals surface area contributed by atoms with E-state index in [4.69, 9.17) is 5.73 Å². The molecule has 0 aromatic carbocycles. The van der Waals surface area contributed by atoms with Crippen LogP contribution in [-0.4, -0.2) is 25.2 Å². The fraction of sp³-hybridized carbons (Fsp3) is 0.875. The highest BCUT2D eigenvalue weighted by atomic mass is 16.2. The normalized spacial score (nSPS) is 15.0. The monoisotopic (exact) mass is 173 g/mol. The average Bonchev–Trinajstić information content (AvgIpc) is 2.05. The van der Waals surface area contributed by atoms with Crippen molar-refractivity contribution in [2.75, 3.05) is 13.6 Å².